The lowest BCUT2D eigenvalue weighted by Gasteiger charge is -2.17. The Balaban J connectivity index is 1.62. The van der Waals surface area contributed by atoms with E-state index in [1.54, 1.807) is 36.5 Å². The topological polar surface area (TPSA) is 117 Å². The van der Waals surface area contributed by atoms with Crippen molar-refractivity contribution in [3.05, 3.63) is 127 Å². The second kappa shape index (κ2) is 11.9. The van der Waals surface area contributed by atoms with Crippen LogP contribution < -0.4 is 20.6 Å². The van der Waals surface area contributed by atoms with E-state index in [2.05, 4.69) is 10.2 Å². The molecule has 43 heavy (non-hydrogen) atoms. The molecule has 14 heteroatoms. The Kier molecular flexibility index (Phi) is 8.05. The maximum absolute atomic E-state index is 13.7. The number of nitrogens with zero attached hydrogens (tertiary/aromatic N) is 6. The first kappa shape index (κ1) is 29.2. The van der Waals surface area contributed by atoms with Crippen LogP contribution in [0.15, 0.2) is 88.7 Å². The second-order valence-electron chi connectivity index (χ2n) is 9.18. The average Bonchev–Trinajstić information content (AvgIpc) is 3.50. The highest BCUT2D eigenvalue weighted by Gasteiger charge is 2.32. The van der Waals surface area contributed by atoms with Gasteiger partial charge in [0.15, 0.2) is 0 Å². The number of methoxy groups -OCH3 is 1. The van der Waals surface area contributed by atoms with Crippen molar-refractivity contribution >= 4 is 11.6 Å². The molecule has 0 bridgehead atoms. The summed E-state index contributed by atoms with van der Waals surface area (Å²) in [4.78, 5) is 26.5. The van der Waals surface area contributed by atoms with Crippen molar-refractivity contribution in [1.82, 2.24) is 24.1 Å². The summed E-state index contributed by atoms with van der Waals surface area (Å²) in [5.74, 6) is 0.0679. The minimum atomic E-state index is -4.85. The molecule has 218 valence electrons. The van der Waals surface area contributed by atoms with E-state index in [0.29, 0.717) is 23.4 Å². The maximum atomic E-state index is 13.7. The number of hydrogen-bond acceptors (Lipinski definition) is 7. The number of ether oxygens (including phenoxy) is 2. The molecule has 0 saturated heterocycles. The number of benzene rings is 2. The molecule has 10 nitrogen and oxygen atoms in total. The molecular formula is C29H20ClF3N6O4. The van der Waals surface area contributed by atoms with Crippen LogP contribution in [0.3, 0.4) is 0 Å². The number of rotatable bonds is 8. The summed E-state index contributed by atoms with van der Waals surface area (Å²) >= 11 is 6.04. The van der Waals surface area contributed by atoms with Crippen molar-refractivity contribution in [2.75, 3.05) is 7.11 Å². The molecule has 0 aliphatic rings. The fourth-order valence-corrected chi connectivity index (χ4v) is 4.42. The summed E-state index contributed by atoms with van der Waals surface area (Å²) in [7, 11) is 1.52. The van der Waals surface area contributed by atoms with Crippen LogP contribution in [0.4, 0.5) is 13.2 Å². The highest BCUT2D eigenvalue weighted by molar-refractivity contribution is 6.30. The van der Waals surface area contributed by atoms with Crippen LogP contribution in [0.2, 0.25) is 5.02 Å². The highest BCUT2D eigenvalue weighted by atomic mass is 35.5. The lowest BCUT2D eigenvalue weighted by atomic mass is 10.2. The minimum Gasteiger partial charge on any atom is -0.497 e. The van der Waals surface area contributed by atoms with Crippen LogP contribution in [0.25, 0.3) is 5.69 Å². The van der Waals surface area contributed by atoms with Crippen molar-refractivity contribution in [3.63, 3.8) is 0 Å². The van der Waals surface area contributed by atoms with Gasteiger partial charge < -0.3 is 9.47 Å². The molecule has 0 aliphatic carbocycles. The smallest absolute Gasteiger partial charge is 0.416 e. The van der Waals surface area contributed by atoms with Gasteiger partial charge in [-0.1, -0.05) is 23.7 Å². The predicted octanol–water partition coefficient (Wildman–Crippen LogP) is 5.03. The van der Waals surface area contributed by atoms with E-state index in [9.17, 15) is 28.0 Å². The fraction of sp³-hybridized carbons (Fsp3) is 0.138. The predicted molar refractivity (Wildman–Crippen MR) is 149 cm³/mol. The Morgan fingerprint density at radius 3 is 2.42 bits per heavy atom. The van der Waals surface area contributed by atoms with Gasteiger partial charge in [-0.25, -0.2) is 9.36 Å². The van der Waals surface area contributed by atoms with Gasteiger partial charge in [-0.15, -0.1) is 0 Å². The first-order valence-electron chi connectivity index (χ1n) is 12.5. The van der Waals surface area contributed by atoms with Crippen LogP contribution in [-0.2, 0) is 19.3 Å². The maximum Gasteiger partial charge on any atom is 0.416 e. The van der Waals surface area contributed by atoms with Gasteiger partial charge in [-0.05, 0) is 48.0 Å². The summed E-state index contributed by atoms with van der Waals surface area (Å²) in [6.45, 7) is -0.342. The molecule has 0 spiro atoms. The van der Waals surface area contributed by atoms with Crippen molar-refractivity contribution < 1.29 is 22.6 Å². The molecule has 0 amide bonds. The summed E-state index contributed by atoms with van der Waals surface area (Å²) in [6.07, 6.45) is -1.83. The van der Waals surface area contributed by atoms with E-state index in [1.807, 2.05) is 6.07 Å². The zero-order valence-corrected chi connectivity index (χ0v) is 23.0. The first-order chi connectivity index (χ1) is 20.5. The molecule has 5 aromatic rings. The lowest BCUT2D eigenvalue weighted by Crippen LogP contribution is -2.30. The van der Waals surface area contributed by atoms with Crippen molar-refractivity contribution in [2.45, 2.75) is 19.3 Å². The molecule has 0 saturated carbocycles. The molecule has 0 N–H and O–H groups in total. The summed E-state index contributed by atoms with van der Waals surface area (Å²) in [6, 6.07) is 16.8. The zero-order chi connectivity index (χ0) is 30.7. The largest absolute Gasteiger partial charge is 0.497 e. The first-order valence-corrected chi connectivity index (χ1v) is 12.9. The fourth-order valence-electron chi connectivity index (χ4n) is 4.19. The van der Waals surface area contributed by atoms with Crippen molar-refractivity contribution in [3.8, 4) is 29.1 Å². The number of pyridine rings is 1. The Morgan fingerprint density at radius 1 is 1.00 bits per heavy atom. The molecule has 0 radical (unpaired) electrons. The third kappa shape index (κ3) is 6.60. The highest BCUT2D eigenvalue weighted by Crippen LogP contribution is 2.33. The van der Waals surface area contributed by atoms with E-state index in [-0.39, 0.29) is 40.8 Å². The number of alkyl halides is 3. The Hall–Kier alpha value is -5.35. The SMILES string of the molecule is COc1ccc(Cn2nc(Cn3c(Oc4cc(Cl)cc(C#N)c4)cc(C(F)(F)F)cc3=O)cc(-n3cccn3)c2=O)cc1. The van der Waals surface area contributed by atoms with E-state index in [1.165, 1.54) is 46.9 Å². The summed E-state index contributed by atoms with van der Waals surface area (Å²) in [5.41, 5.74) is -1.72. The second-order valence-corrected chi connectivity index (χ2v) is 9.61. The molecule has 0 fully saturated rings. The van der Waals surface area contributed by atoms with Gasteiger partial charge in [0, 0.05) is 29.5 Å². The molecule has 3 heterocycles. The van der Waals surface area contributed by atoms with Crippen LogP contribution in [0.5, 0.6) is 17.4 Å². The Labute approximate surface area is 246 Å². The molecule has 0 unspecified atom stereocenters. The molecule has 2 aromatic carbocycles. The van der Waals surface area contributed by atoms with E-state index in [4.69, 9.17) is 21.1 Å². The van der Waals surface area contributed by atoms with Gasteiger partial charge in [-0.3, -0.25) is 14.2 Å². The zero-order valence-electron chi connectivity index (χ0n) is 22.2. The van der Waals surface area contributed by atoms with Crippen LogP contribution in [0, 0.1) is 11.3 Å². The quantitative estimate of drug-likeness (QED) is 0.242. The van der Waals surface area contributed by atoms with Crippen LogP contribution in [-0.4, -0.2) is 31.2 Å². The number of aromatic nitrogens is 5. The third-order valence-corrected chi connectivity index (χ3v) is 6.43. The number of nitriles is 1. The average molecular weight is 609 g/mol. The third-order valence-electron chi connectivity index (χ3n) is 6.21. The Bertz CT molecular complexity index is 1950. The van der Waals surface area contributed by atoms with E-state index >= 15 is 0 Å². The summed E-state index contributed by atoms with van der Waals surface area (Å²) < 4.78 is 55.3. The van der Waals surface area contributed by atoms with Gasteiger partial charge in [0.25, 0.3) is 11.1 Å². The van der Waals surface area contributed by atoms with Gasteiger partial charge >= 0.3 is 6.18 Å². The van der Waals surface area contributed by atoms with Crippen molar-refractivity contribution in [2.24, 2.45) is 0 Å². The Morgan fingerprint density at radius 2 is 1.77 bits per heavy atom. The molecule has 3 aromatic heterocycles. The number of hydrogen-bond donors (Lipinski definition) is 0. The van der Waals surface area contributed by atoms with E-state index < -0.39 is 28.7 Å². The van der Waals surface area contributed by atoms with Gasteiger partial charge in [0.2, 0.25) is 5.88 Å². The lowest BCUT2D eigenvalue weighted by molar-refractivity contribution is -0.137. The molecule has 0 aliphatic heterocycles. The monoisotopic (exact) mass is 608 g/mol. The van der Waals surface area contributed by atoms with Gasteiger partial charge in [0.1, 0.15) is 17.2 Å². The minimum absolute atomic E-state index is 0.0374. The standard InChI is InChI=1S/C29H20ClF3N6O4/c1-42-23-5-3-18(4-6-23)16-39-28(41)25(38-8-2-7-35-38)14-22(36-39)17-37-26(40)11-20(29(31,32)33)12-27(37)43-24-10-19(15-34)9-21(30)13-24/h2-14H,16-17H2,1H3. The van der Waals surface area contributed by atoms with Crippen LogP contribution in [0.1, 0.15) is 22.4 Å². The van der Waals surface area contributed by atoms with Gasteiger partial charge in [-0.2, -0.15) is 28.6 Å². The van der Waals surface area contributed by atoms with Gasteiger partial charge in [0.05, 0.1) is 43.1 Å². The number of halogens is 4. The van der Waals surface area contributed by atoms with Crippen molar-refractivity contribution in [1.29, 1.82) is 5.26 Å². The van der Waals surface area contributed by atoms with Crippen LogP contribution >= 0.6 is 11.6 Å². The van der Waals surface area contributed by atoms with E-state index in [0.717, 1.165) is 4.57 Å². The normalized spacial score (nSPS) is 11.3. The molecular weight excluding hydrogens is 589 g/mol. The molecule has 0 atom stereocenters. The summed E-state index contributed by atoms with van der Waals surface area (Å²) in [5, 5.41) is 17.9. The molecule has 5 rings (SSSR count).